The molecule has 0 radical (unpaired) electrons. The molecule has 8 heteroatoms. The fourth-order valence-electron chi connectivity index (χ4n) is 4.44. The number of pyridine rings is 1. The van der Waals surface area contributed by atoms with Crippen LogP contribution in [0.3, 0.4) is 0 Å². The van der Waals surface area contributed by atoms with E-state index in [1.54, 1.807) is 17.5 Å². The van der Waals surface area contributed by atoms with E-state index in [4.69, 9.17) is 5.11 Å². The molecule has 4 heterocycles. The lowest BCUT2D eigenvalue weighted by Gasteiger charge is -2.42. The first-order valence-corrected chi connectivity index (χ1v) is 10.1. The smallest absolute Gasteiger partial charge is 0.317 e. The molecule has 2 atom stereocenters. The molecule has 2 aromatic rings. The number of carboxylic acid groups (broad SMARTS) is 1. The monoisotopic (exact) mass is 388 g/mol. The largest absolute Gasteiger partial charge is 0.480 e. The van der Waals surface area contributed by atoms with E-state index in [9.17, 15) is 9.59 Å². The Kier molecular flexibility index (Phi) is 5.12. The minimum atomic E-state index is -0.786. The Morgan fingerprint density at radius 3 is 2.93 bits per heavy atom. The van der Waals surface area contributed by atoms with Gasteiger partial charge in [0.15, 0.2) is 0 Å². The number of likely N-dealkylation sites (tertiary alicyclic amines) is 1. The maximum absolute atomic E-state index is 13.1. The van der Waals surface area contributed by atoms with Crippen LogP contribution in [-0.4, -0.2) is 57.1 Å². The Morgan fingerprint density at radius 2 is 2.19 bits per heavy atom. The zero-order valence-electron chi connectivity index (χ0n) is 15.4. The highest BCUT2D eigenvalue weighted by molar-refractivity contribution is 7.09. The number of rotatable bonds is 6. The molecule has 0 saturated carbocycles. The normalized spacial score (nSPS) is 22.0. The quantitative estimate of drug-likeness (QED) is 0.807. The molecule has 1 N–H and O–H groups in total. The van der Waals surface area contributed by atoms with E-state index in [0.29, 0.717) is 25.6 Å². The van der Waals surface area contributed by atoms with Crippen LogP contribution in [-0.2, 0) is 24.4 Å². The molecule has 7 nitrogen and oxygen atoms in total. The highest BCUT2D eigenvalue weighted by Gasteiger charge is 2.35. The molecule has 2 aliphatic heterocycles. The van der Waals surface area contributed by atoms with Crippen LogP contribution < -0.4 is 5.56 Å². The van der Waals surface area contributed by atoms with Crippen molar-refractivity contribution in [1.29, 1.82) is 0 Å². The highest BCUT2D eigenvalue weighted by atomic mass is 32.1. The molecule has 2 aliphatic rings. The maximum atomic E-state index is 13.1. The van der Waals surface area contributed by atoms with E-state index in [1.807, 2.05) is 28.0 Å². The van der Waals surface area contributed by atoms with Crippen molar-refractivity contribution < 1.29 is 9.90 Å². The van der Waals surface area contributed by atoms with Gasteiger partial charge in [-0.15, -0.1) is 11.3 Å². The Bertz CT molecular complexity index is 880. The number of piperidine rings is 1. The van der Waals surface area contributed by atoms with Crippen molar-refractivity contribution in [2.24, 2.45) is 5.92 Å². The van der Waals surface area contributed by atoms with Crippen LogP contribution >= 0.6 is 11.3 Å². The second-order valence-electron chi connectivity index (χ2n) is 7.68. The second kappa shape index (κ2) is 7.53. The lowest BCUT2D eigenvalue weighted by Crippen LogP contribution is -2.48. The lowest BCUT2D eigenvalue weighted by atomic mass is 9.83. The molecule has 0 aliphatic carbocycles. The Hall–Kier alpha value is -2.03. The summed E-state index contributed by atoms with van der Waals surface area (Å²) in [5.41, 5.74) is 1.96. The first kappa shape index (κ1) is 18.3. The lowest BCUT2D eigenvalue weighted by molar-refractivity contribution is -0.139. The molecular weight excluding hydrogens is 364 g/mol. The highest BCUT2D eigenvalue weighted by Crippen LogP contribution is 2.35. The summed E-state index contributed by atoms with van der Waals surface area (Å²) in [5.74, 6) is -0.200. The van der Waals surface area contributed by atoms with Crippen LogP contribution in [0.4, 0.5) is 0 Å². The van der Waals surface area contributed by atoms with Crippen LogP contribution in [0.2, 0.25) is 0 Å². The van der Waals surface area contributed by atoms with Crippen LogP contribution in [0.5, 0.6) is 0 Å². The molecule has 0 unspecified atom stereocenters. The number of aromatic nitrogens is 2. The molecule has 1 fully saturated rings. The minimum absolute atomic E-state index is 0.0802. The topological polar surface area (TPSA) is 78.7 Å². The fourth-order valence-corrected chi connectivity index (χ4v) is 5.13. The third-order valence-corrected chi connectivity index (χ3v) is 6.21. The van der Waals surface area contributed by atoms with E-state index in [2.05, 4.69) is 16.0 Å². The van der Waals surface area contributed by atoms with E-state index in [1.165, 1.54) is 0 Å². The van der Waals surface area contributed by atoms with Gasteiger partial charge in [0.1, 0.15) is 5.01 Å². The third kappa shape index (κ3) is 3.97. The van der Waals surface area contributed by atoms with E-state index < -0.39 is 5.97 Å². The van der Waals surface area contributed by atoms with Crippen LogP contribution in [0.25, 0.3) is 0 Å². The number of hydrogen-bond acceptors (Lipinski definition) is 6. The van der Waals surface area contributed by atoms with E-state index >= 15 is 0 Å². The molecule has 2 aromatic heterocycles. The first-order valence-electron chi connectivity index (χ1n) is 9.23. The van der Waals surface area contributed by atoms with E-state index in [-0.39, 0.29) is 18.0 Å². The van der Waals surface area contributed by atoms with Crippen molar-refractivity contribution in [3.05, 3.63) is 50.3 Å². The number of hydrogen-bond donors (Lipinski definition) is 1. The summed E-state index contributed by atoms with van der Waals surface area (Å²) in [6.45, 7) is 3.56. The van der Waals surface area contributed by atoms with Crippen molar-refractivity contribution in [2.75, 3.05) is 26.7 Å². The zero-order valence-corrected chi connectivity index (χ0v) is 16.2. The summed E-state index contributed by atoms with van der Waals surface area (Å²) < 4.78 is 1.93. The zero-order chi connectivity index (χ0) is 19.0. The van der Waals surface area contributed by atoms with Crippen LogP contribution in [0, 0.1) is 5.92 Å². The minimum Gasteiger partial charge on any atom is -0.480 e. The van der Waals surface area contributed by atoms with Gasteiger partial charge in [-0.25, -0.2) is 4.98 Å². The van der Waals surface area contributed by atoms with Gasteiger partial charge in [0.2, 0.25) is 0 Å². The fraction of sp³-hybridized carbons (Fsp3) is 0.526. The standard InChI is InChI=1S/C19H24N4O3S/c1-21(11-17-20-4-5-27-17)9-14-2-3-16-15-6-13(8-23(16)19(14)26)7-22(10-15)12-18(24)25/h2-5,13,15H,6-12H2,1H3,(H,24,25)/t13-,15+/m0/s1. The Labute approximate surface area is 161 Å². The summed E-state index contributed by atoms with van der Waals surface area (Å²) in [4.78, 5) is 32.5. The molecule has 0 aromatic carbocycles. The SMILES string of the molecule is CN(Cc1nccs1)Cc1ccc2n(c1=O)C[C@H]1C[C@@H]2CN(CC(=O)O)C1. The summed E-state index contributed by atoms with van der Waals surface area (Å²) in [5, 5.41) is 12.1. The van der Waals surface area contributed by atoms with Crippen molar-refractivity contribution in [3.8, 4) is 0 Å². The number of nitrogens with zero attached hydrogens (tertiary/aromatic N) is 4. The molecule has 1 saturated heterocycles. The molecule has 0 amide bonds. The van der Waals surface area contributed by atoms with Crippen LogP contribution in [0.1, 0.15) is 28.6 Å². The summed E-state index contributed by atoms with van der Waals surface area (Å²) in [6, 6.07) is 4.02. The van der Waals surface area contributed by atoms with Crippen molar-refractivity contribution in [2.45, 2.75) is 32.0 Å². The summed E-state index contributed by atoms with van der Waals surface area (Å²) >= 11 is 1.62. The van der Waals surface area contributed by atoms with Gasteiger partial charge in [0.05, 0.1) is 13.1 Å². The molecular formula is C19H24N4O3S. The van der Waals surface area contributed by atoms with Gasteiger partial charge in [-0.05, 0) is 25.5 Å². The molecule has 144 valence electrons. The van der Waals surface area contributed by atoms with Gasteiger partial charge >= 0.3 is 5.97 Å². The Balaban J connectivity index is 1.52. The van der Waals surface area contributed by atoms with Crippen molar-refractivity contribution >= 4 is 17.3 Å². The predicted molar refractivity (Wildman–Crippen MR) is 103 cm³/mol. The van der Waals surface area contributed by atoms with E-state index in [0.717, 1.165) is 35.8 Å². The third-order valence-electron chi connectivity index (χ3n) is 5.45. The van der Waals surface area contributed by atoms with Gasteiger partial charge in [0, 0.05) is 54.9 Å². The van der Waals surface area contributed by atoms with Crippen molar-refractivity contribution in [1.82, 2.24) is 19.4 Å². The van der Waals surface area contributed by atoms with Crippen LogP contribution in [0.15, 0.2) is 28.5 Å². The van der Waals surface area contributed by atoms with Gasteiger partial charge in [0.25, 0.3) is 5.56 Å². The maximum Gasteiger partial charge on any atom is 0.317 e. The number of fused-ring (bicyclic) bond motifs is 4. The molecule has 27 heavy (non-hydrogen) atoms. The van der Waals surface area contributed by atoms with Gasteiger partial charge in [-0.3, -0.25) is 19.4 Å². The van der Waals surface area contributed by atoms with Gasteiger partial charge < -0.3 is 9.67 Å². The number of aliphatic carboxylic acids is 1. The summed E-state index contributed by atoms with van der Waals surface area (Å²) in [7, 11) is 2.00. The Morgan fingerprint density at radius 1 is 1.33 bits per heavy atom. The average molecular weight is 388 g/mol. The van der Waals surface area contributed by atoms with Gasteiger partial charge in [-0.1, -0.05) is 6.07 Å². The second-order valence-corrected chi connectivity index (χ2v) is 8.66. The van der Waals surface area contributed by atoms with Gasteiger partial charge in [-0.2, -0.15) is 0 Å². The molecule has 2 bridgehead atoms. The predicted octanol–water partition coefficient (Wildman–Crippen LogP) is 1.44. The number of thiazole rings is 1. The number of carboxylic acids is 1. The van der Waals surface area contributed by atoms with Crippen molar-refractivity contribution in [3.63, 3.8) is 0 Å². The molecule has 4 rings (SSSR count). The number of carbonyl (C=O) groups is 1. The molecule has 0 spiro atoms. The summed E-state index contributed by atoms with van der Waals surface area (Å²) in [6.07, 6.45) is 2.84. The first-order chi connectivity index (χ1) is 13.0. The average Bonchev–Trinajstić information content (AvgIpc) is 3.10.